The number of amides is 1. The number of rotatable bonds is 7. The van der Waals surface area contributed by atoms with Gasteiger partial charge in [-0.25, -0.2) is 4.39 Å². The van der Waals surface area contributed by atoms with Crippen LogP contribution in [0, 0.1) is 5.82 Å². The van der Waals surface area contributed by atoms with Gasteiger partial charge in [0.2, 0.25) is 5.91 Å². The van der Waals surface area contributed by atoms with Crippen molar-refractivity contribution in [2.45, 2.75) is 38.1 Å². The van der Waals surface area contributed by atoms with Crippen molar-refractivity contribution < 1.29 is 14.3 Å². The molecule has 1 aliphatic carbocycles. The summed E-state index contributed by atoms with van der Waals surface area (Å²) in [5, 5.41) is 11.7. The summed E-state index contributed by atoms with van der Waals surface area (Å²) in [6.07, 6.45) is 5.01. The van der Waals surface area contributed by atoms with Gasteiger partial charge in [-0.3, -0.25) is 9.69 Å². The fourth-order valence-electron chi connectivity index (χ4n) is 2.90. The molecule has 1 aromatic carbocycles. The molecule has 0 bridgehead atoms. The van der Waals surface area contributed by atoms with Gasteiger partial charge in [0.15, 0.2) is 0 Å². The zero-order valence-corrected chi connectivity index (χ0v) is 12.2. The second kappa shape index (κ2) is 8.10. The molecule has 1 amide bonds. The maximum Gasteiger partial charge on any atom is 0.225 e. The van der Waals surface area contributed by atoms with Crippen LogP contribution in [0.25, 0.3) is 0 Å². The average Bonchev–Trinajstić information content (AvgIpc) is 3.00. The highest BCUT2D eigenvalue weighted by Crippen LogP contribution is 2.23. The molecule has 0 aromatic heterocycles. The first kappa shape index (κ1) is 15.9. The predicted octanol–water partition coefficient (Wildman–Crippen LogP) is 2.39. The minimum Gasteiger partial charge on any atom is -0.395 e. The van der Waals surface area contributed by atoms with Gasteiger partial charge in [0.1, 0.15) is 5.82 Å². The van der Waals surface area contributed by atoms with Gasteiger partial charge in [-0.1, -0.05) is 25.0 Å². The lowest BCUT2D eigenvalue weighted by atomic mass is 10.2. The van der Waals surface area contributed by atoms with Crippen LogP contribution in [0.3, 0.4) is 0 Å². The van der Waals surface area contributed by atoms with E-state index in [1.54, 1.807) is 18.2 Å². The number of benzene rings is 1. The summed E-state index contributed by atoms with van der Waals surface area (Å²) < 4.78 is 13.5. The minimum absolute atomic E-state index is 0.103. The van der Waals surface area contributed by atoms with Crippen LogP contribution in [0.4, 0.5) is 10.1 Å². The molecule has 2 rings (SSSR count). The summed E-state index contributed by atoms with van der Waals surface area (Å²) in [6.45, 7) is 1.30. The first-order valence-corrected chi connectivity index (χ1v) is 7.60. The summed E-state index contributed by atoms with van der Waals surface area (Å²) >= 11 is 0. The lowest BCUT2D eigenvalue weighted by Gasteiger charge is -2.27. The molecular formula is C16H23FN2O2. The van der Waals surface area contributed by atoms with Crippen LogP contribution < -0.4 is 5.32 Å². The average molecular weight is 294 g/mol. The number of para-hydroxylation sites is 1. The van der Waals surface area contributed by atoms with Crippen LogP contribution in [0.1, 0.15) is 32.1 Å². The Balaban J connectivity index is 1.82. The lowest BCUT2D eigenvalue weighted by molar-refractivity contribution is -0.116. The van der Waals surface area contributed by atoms with Crippen molar-refractivity contribution in [1.82, 2.24) is 4.90 Å². The molecule has 1 fully saturated rings. The quantitative estimate of drug-likeness (QED) is 0.812. The van der Waals surface area contributed by atoms with Crippen molar-refractivity contribution in [3.63, 3.8) is 0 Å². The van der Waals surface area contributed by atoms with E-state index in [2.05, 4.69) is 10.2 Å². The number of anilines is 1. The van der Waals surface area contributed by atoms with Crippen molar-refractivity contribution in [1.29, 1.82) is 0 Å². The maximum absolute atomic E-state index is 13.5. The smallest absolute Gasteiger partial charge is 0.225 e. The van der Waals surface area contributed by atoms with Gasteiger partial charge >= 0.3 is 0 Å². The molecule has 4 nitrogen and oxygen atoms in total. The number of halogens is 1. The third-order valence-electron chi connectivity index (χ3n) is 4.00. The van der Waals surface area contributed by atoms with Crippen LogP contribution in [0.15, 0.2) is 24.3 Å². The first-order chi connectivity index (χ1) is 10.2. The normalized spacial score (nSPS) is 15.6. The third kappa shape index (κ3) is 4.79. The Morgan fingerprint density at radius 2 is 2.00 bits per heavy atom. The summed E-state index contributed by atoms with van der Waals surface area (Å²) in [7, 11) is 0. The number of aliphatic hydroxyl groups is 1. The van der Waals surface area contributed by atoms with Gasteiger partial charge < -0.3 is 10.4 Å². The molecule has 0 radical (unpaired) electrons. The van der Waals surface area contributed by atoms with Gasteiger partial charge in [-0.05, 0) is 25.0 Å². The van der Waals surface area contributed by atoms with Gasteiger partial charge in [0.05, 0.1) is 12.3 Å². The first-order valence-electron chi connectivity index (χ1n) is 7.60. The largest absolute Gasteiger partial charge is 0.395 e. The van der Waals surface area contributed by atoms with E-state index in [-0.39, 0.29) is 18.2 Å². The highest BCUT2D eigenvalue weighted by Gasteiger charge is 2.22. The molecule has 116 valence electrons. The van der Waals surface area contributed by atoms with Crippen molar-refractivity contribution in [3.05, 3.63) is 30.1 Å². The molecule has 0 atom stereocenters. The van der Waals surface area contributed by atoms with Crippen LogP contribution in [-0.4, -0.2) is 41.7 Å². The van der Waals surface area contributed by atoms with Crippen LogP contribution in [-0.2, 0) is 4.79 Å². The van der Waals surface area contributed by atoms with Gasteiger partial charge in [-0.2, -0.15) is 0 Å². The molecular weight excluding hydrogens is 271 g/mol. The minimum atomic E-state index is -0.422. The Labute approximate surface area is 125 Å². The SMILES string of the molecule is O=C(CCN(CCO)C1CCCC1)Nc1ccccc1F. The molecule has 0 aliphatic heterocycles. The number of aliphatic hydroxyl groups excluding tert-OH is 1. The van der Waals surface area contributed by atoms with Crippen molar-refractivity contribution in [2.75, 3.05) is 25.0 Å². The molecule has 0 saturated heterocycles. The summed E-state index contributed by atoms with van der Waals surface area (Å²) in [6, 6.07) is 6.63. The summed E-state index contributed by atoms with van der Waals surface area (Å²) in [5.41, 5.74) is 0.220. The van der Waals surface area contributed by atoms with E-state index in [1.807, 2.05) is 0 Å². The Morgan fingerprint density at radius 3 is 2.67 bits per heavy atom. The highest BCUT2D eigenvalue weighted by molar-refractivity contribution is 5.90. The zero-order chi connectivity index (χ0) is 15.1. The molecule has 2 N–H and O–H groups in total. The zero-order valence-electron chi connectivity index (χ0n) is 12.2. The lowest BCUT2D eigenvalue weighted by Crippen LogP contribution is -2.37. The molecule has 1 aliphatic rings. The number of carbonyl (C=O) groups excluding carboxylic acids is 1. The Hall–Kier alpha value is -1.46. The van der Waals surface area contributed by atoms with E-state index in [4.69, 9.17) is 5.11 Å². The second-order valence-corrected chi connectivity index (χ2v) is 5.48. The van der Waals surface area contributed by atoms with E-state index in [9.17, 15) is 9.18 Å². The topological polar surface area (TPSA) is 52.6 Å². The van der Waals surface area contributed by atoms with Gasteiger partial charge in [-0.15, -0.1) is 0 Å². The Kier molecular flexibility index (Phi) is 6.14. The molecule has 0 spiro atoms. The number of hydrogen-bond acceptors (Lipinski definition) is 3. The standard InChI is InChI=1S/C16H23FN2O2/c17-14-7-3-4-8-15(14)18-16(21)9-10-19(11-12-20)13-5-1-2-6-13/h3-4,7-8,13,20H,1-2,5-6,9-12H2,(H,18,21). The van der Waals surface area contributed by atoms with Gasteiger partial charge in [0, 0.05) is 25.6 Å². The van der Waals surface area contributed by atoms with E-state index in [0.29, 0.717) is 25.6 Å². The third-order valence-corrected chi connectivity index (χ3v) is 4.00. The fraction of sp³-hybridized carbons (Fsp3) is 0.562. The number of nitrogens with zero attached hydrogens (tertiary/aromatic N) is 1. The number of nitrogens with one attached hydrogen (secondary N) is 1. The maximum atomic E-state index is 13.5. The van der Waals surface area contributed by atoms with E-state index in [1.165, 1.54) is 18.9 Å². The van der Waals surface area contributed by atoms with Gasteiger partial charge in [0.25, 0.3) is 0 Å². The number of hydrogen-bond donors (Lipinski definition) is 2. The van der Waals surface area contributed by atoms with E-state index >= 15 is 0 Å². The molecule has 1 saturated carbocycles. The predicted molar refractivity (Wildman–Crippen MR) is 80.6 cm³/mol. The molecule has 1 aromatic rings. The Morgan fingerprint density at radius 1 is 1.29 bits per heavy atom. The molecule has 0 unspecified atom stereocenters. The second-order valence-electron chi connectivity index (χ2n) is 5.48. The van der Waals surface area contributed by atoms with Crippen molar-refractivity contribution in [3.8, 4) is 0 Å². The van der Waals surface area contributed by atoms with Crippen LogP contribution >= 0.6 is 0 Å². The Bertz CT molecular complexity index is 461. The molecule has 0 heterocycles. The van der Waals surface area contributed by atoms with E-state index in [0.717, 1.165) is 12.8 Å². The fourth-order valence-corrected chi connectivity index (χ4v) is 2.90. The summed E-state index contributed by atoms with van der Waals surface area (Å²) in [5.74, 6) is -0.616. The number of carbonyl (C=O) groups is 1. The van der Waals surface area contributed by atoms with E-state index < -0.39 is 5.82 Å². The monoisotopic (exact) mass is 294 g/mol. The molecule has 5 heteroatoms. The summed E-state index contributed by atoms with van der Waals surface area (Å²) in [4.78, 5) is 14.1. The molecule has 21 heavy (non-hydrogen) atoms. The van der Waals surface area contributed by atoms with Crippen LogP contribution in [0.5, 0.6) is 0 Å². The highest BCUT2D eigenvalue weighted by atomic mass is 19.1. The van der Waals surface area contributed by atoms with Crippen LogP contribution in [0.2, 0.25) is 0 Å². The van der Waals surface area contributed by atoms with Crippen molar-refractivity contribution in [2.24, 2.45) is 0 Å². The van der Waals surface area contributed by atoms with Crippen molar-refractivity contribution >= 4 is 11.6 Å².